The van der Waals surface area contributed by atoms with Gasteiger partial charge in [-0.2, -0.15) is 0 Å². The van der Waals surface area contributed by atoms with Crippen LogP contribution in [0.1, 0.15) is 31.2 Å². The molecule has 11 N–H and O–H groups in total. The van der Waals surface area contributed by atoms with Crippen molar-refractivity contribution < 1.29 is 19.2 Å². The second-order valence-corrected chi connectivity index (χ2v) is 9.05. The van der Waals surface area contributed by atoms with Crippen molar-refractivity contribution in [1.82, 2.24) is 20.5 Å². The van der Waals surface area contributed by atoms with Gasteiger partial charge in [0.05, 0.1) is 12.6 Å². The van der Waals surface area contributed by atoms with Crippen molar-refractivity contribution in [2.24, 2.45) is 27.9 Å². The van der Waals surface area contributed by atoms with Gasteiger partial charge in [0.15, 0.2) is 5.96 Å². The lowest BCUT2D eigenvalue weighted by Crippen LogP contribution is -2.56. The Kier molecular flexibility index (Phi) is 9.44. The lowest BCUT2D eigenvalue weighted by Gasteiger charge is -2.29. The third-order valence-corrected chi connectivity index (χ3v) is 6.29. The number of aromatic amines is 1. The van der Waals surface area contributed by atoms with E-state index in [-0.39, 0.29) is 31.9 Å². The van der Waals surface area contributed by atoms with Crippen LogP contribution in [0.25, 0.3) is 10.9 Å². The summed E-state index contributed by atoms with van der Waals surface area (Å²) in [5.74, 6) is -2.11. The number of nitrogens with two attached hydrogens (primary N) is 4. The molecule has 2 heterocycles. The van der Waals surface area contributed by atoms with Crippen LogP contribution >= 0.6 is 0 Å². The average Bonchev–Trinajstić information content (AvgIpc) is 3.51. The summed E-state index contributed by atoms with van der Waals surface area (Å²) in [6.45, 7) is 0.291. The van der Waals surface area contributed by atoms with E-state index >= 15 is 0 Å². The van der Waals surface area contributed by atoms with Crippen molar-refractivity contribution in [2.45, 2.75) is 50.2 Å². The molecule has 3 rings (SSSR count). The Hall–Kier alpha value is -4.13. The van der Waals surface area contributed by atoms with Crippen molar-refractivity contribution in [2.75, 3.05) is 19.6 Å². The summed E-state index contributed by atoms with van der Waals surface area (Å²) in [6, 6.07) is 5.10. The number of carbonyl (C=O) groups is 4. The molecule has 3 atom stereocenters. The first-order valence-electron chi connectivity index (χ1n) is 12.2. The summed E-state index contributed by atoms with van der Waals surface area (Å²) in [4.78, 5) is 58.7. The normalized spacial score (nSPS) is 16.7. The number of nitrogens with zero attached hydrogens (tertiary/aromatic N) is 2. The number of primary amides is 1. The number of hydrogen-bond acceptors (Lipinski definition) is 6. The van der Waals surface area contributed by atoms with Crippen LogP contribution in [-0.2, 0) is 25.6 Å². The number of H-pyrrole nitrogens is 1. The molecule has 1 aromatic heterocycles. The van der Waals surface area contributed by atoms with Gasteiger partial charge in [-0.3, -0.25) is 24.2 Å². The highest BCUT2D eigenvalue weighted by molar-refractivity contribution is 5.94. The van der Waals surface area contributed by atoms with E-state index in [9.17, 15) is 19.2 Å². The van der Waals surface area contributed by atoms with E-state index in [4.69, 9.17) is 22.9 Å². The maximum Gasteiger partial charge on any atom is 0.245 e. The van der Waals surface area contributed by atoms with Crippen LogP contribution in [0.2, 0.25) is 0 Å². The van der Waals surface area contributed by atoms with E-state index in [1.165, 1.54) is 4.90 Å². The molecular weight excluding hydrogens is 478 g/mol. The van der Waals surface area contributed by atoms with Gasteiger partial charge in [0, 0.05) is 30.2 Å². The molecule has 0 radical (unpaired) electrons. The van der Waals surface area contributed by atoms with Gasteiger partial charge in [0.25, 0.3) is 0 Å². The predicted molar refractivity (Wildman–Crippen MR) is 139 cm³/mol. The smallest absolute Gasteiger partial charge is 0.245 e. The number of aromatic nitrogens is 1. The van der Waals surface area contributed by atoms with Crippen molar-refractivity contribution in [1.29, 1.82) is 0 Å². The fourth-order valence-corrected chi connectivity index (χ4v) is 4.47. The van der Waals surface area contributed by atoms with Crippen LogP contribution in [0.5, 0.6) is 0 Å². The number of likely N-dealkylation sites (tertiary alicyclic amines) is 1. The molecule has 0 saturated carbocycles. The van der Waals surface area contributed by atoms with Crippen LogP contribution in [0.4, 0.5) is 0 Å². The first-order chi connectivity index (χ1) is 17.7. The van der Waals surface area contributed by atoms with Crippen LogP contribution < -0.4 is 33.6 Å². The standard InChI is InChI=1S/C24H35N9O4/c25-16(11-14-12-30-17-6-2-1-5-15(14)17)21(35)32-18(7-3-9-29-24(27)28)23(37)33-10-4-8-19(33)22(36)31-13-20(26)34/h1-2,5-6,12,16,18-19,30H,3-4,7-11,13,25H2,(H2,26,34)(H,31,36)(H,32,35)(H4,27,28,29)/t16-,18-,19-/m0/s1. The van der Waals surface area contributed by atoms with Crippen LogP contribution in [-0.4, -0.2) is 77.2 Å². The van der Waals surface area contributed by atoms with Crippen LogP contribution in [0.15, 0.2) is 35.5 Å². The Morgan fingerprint density at radius 1 is 1.16 bits per heavy atom. The molecule has 1 aromatic carbocycles. The van der Waals surface area contributed by atoms with Crippen LogP contribution in [0, 0.1) is 0 Å². The van der Waals surface area contributed by atoms with E-state index in [1.807, 2.05) is 30.5 Å². The highest BCUT2D eigenvalue weighted by Gasteiger charge is 2.37. The van der Waals surface area contributed by atoms with E-state index in [0.717, 1.165) is 16.5 Å². The average molecular weight is 514 g/mol. The summed E-state index contributed by atoms with van der Waals surface area (Å²) < 4.78 is 0. The number of benzene rings is 1. The molecule has 1 aliphatic rings. The van der Waals surface area contributed by atoms with Crippen molar-refractivity contribution in [3.05, 3.63) is 36.0 Å². The molecule has 1 aliphatic heterocycles. The summed E-state index contributed by atoms with van der Waals surface area (Å²) in [7, 11) is 0. The minimum Gasteiger partial charge on any atom is -0.370 e. The van der Waals surface area contributed by atoms with Gasteiger partial charge in [-0.1, -0.05) is 18.2 Å². The first kappa shape index (κ1) is 27.5. The second kappa shape index (κ2) is 12.7. The van der Waals surface area contributed by atoms with Gasteiger partial charge in [-0.05, 0) is 43.7 Å². The van der Waals surface area contributed by atoms with Crippen molar-refractivity contribution in [3.8, 4) is 0 Å². The number of carbonyl (C=O) groups excluding carboxylic acids is 4. The number of aliphatic imine (C=N–C) groups is 1. The van der Waals surface area contributed by atoms with Gasteiger partial charge in [0.2, 0.25) is 23.6 Å². The quantitative estimate of drug-likeness (QED) is 0.0974. The van der Waals surface area contributed by atoms with Gasteiger partial charge in [0.1, 0.15) is 12.1 Å². The Labute approximate surface area is 214 Å². The molecule has 1 fully saturated rings. The zero-order valence-corrected chi connectivity index (χ0v) is 20.6. The summed E-state index contributed by atoms with van der Waals surface area (Å²) >= 11 is 0. The van der Waals surface area contributed by atoms with E-state index < -0.39 is 41.8 Å². The number of amides is 4. The lowest BCUT2D eigenvalue weighted by molar-refractivity contribution is -0.141. The van der Waals surface area contributed by atoms with Gasteiger partial charge < -0.3 is 43.5 Å². The minimum absolute atomic E-state index is 0.0709. The minimum atomic E-state index is -0.930. The molecule has 0 aliphatic carbocycles. The monoisotopic (exact) mass is 513 g/mol. The molecule has 37 heavy (non-hydrogen) atoms. The number of guanidine groups is 1. The third-order valence-electron chi connectivity index (χ3n) is 6.29. The number of fused-ring (bicyclic) bond motifs is 1. The lowest BCUT2D eigenvalue weighted by atomic mass is 10.0. The van der Waals surface area contributed by atoms with Gasteiger partial charge in [-0.15, -0.1) is 0 Å². The second-order valence-electron chi connectivity index (χ2n) is 9.05. The SMILES string of the molecule is NC(=O)CNC(=O)[C@@H]1CCCN1C(=O)[C@H](CCCN=C(N)N)NC(=O)[C@@H](N)Cc1c[nH]c2ccccc12. The number of hydrogen-bond donors (Lipinski definition) is 7. The number of para-hydroxylation sites is 1. The molecule has 4 amide bonds. The van der Waals surface area contributed by atoms with Gasteiger partial charge in [-0.25, -0.2) is 0 Å². The Bertz CT molecular complexity index is 1160. The molecule has 0 bridgehead atoms. The Balaban J connectivity index is 1.70. The van der Waals surface area contributed by atoms with Crippen molar-refractivity contribution in [3.63, 3.8) is 0 Å². The third kappa shape index (κ3) is 7.43. The molecule has 200 valence electrons. The fourth-order valence-electron chi connectivity index (χ4n) is 4.47. The summed E-state index contributed by atoms with van der Waals surface area (Å²) in [5, 5.41) is 6.19. The topological polar surface area (TPSA) is 228 Å². The van der Waals surface area contributed by atoms with Gasteiger partial charge >= 0.3 is 0 Å². The summed E-state index contributed by atoms with van der Waals surface area (Å²) in [5.41, 5.74) is 23.9. The first-order valence-corrected chi connectivity index (χ1v) is 12.2. The molecule has 1 saturated heterocycles. The Morgan fingerprint density at radius 3 is 2.65 bits per heavy atom. The zero-order chi connectivity index (χ0) is 26.9. The maximum absolute atomic E-state index is 13.5. The van der Waals surface area contributed by atoms with E-state index in [1.54, 1.807) is 0 Å². The highest BCUT2D eigenvalue weighted by Crippen LogP contribution is 2.21. The maximum atomic E-state index is 13.5. The molecule has 13 heteroatoms. The number of rotatable bonds is 12. The molecular formula is C24H35N9O4. The molecule has 0 spiro atoms. The Morgan fingerprint density at radius 2 is 1.92 bits per heavy atom. The highest BCUT2D eigenvalue weighted by atomic mass is 16.2. The predicted octanol–water partition coefficient (Wildman–Crippen LogP) is -1.83. The zero-order valence-electron chi connectivity index (χ0n) is 20.6. The number of nitrogens with one attached hydrogen (secondary N) is 3. The molecule has 13 nitrogen and oxygen atoms in total. The van der Waals surface area contributed by atoms with E-state index in [2.05, 4.69) is 20.6 Å². The van der Waals surface area contributed by atoms with Crippen molar-refractivity contribution >= 4 is 40.5 Å². The fraction of sp³-hybridized carbons (Fsp3) is 0.458. The van der Waals surface area contributed by atoms with E-state index in [0.29, 0.717) is 25.8 Å². The molecule has 2 aromatic rings. The largest absolute Gasteiger partial charge is 0.370 e. The molecule has 0 unspecified atom stereocenters. The van der Waals surface area contributed by atoms with Crippen LogP contribution in [0.3, 0.4) is 0 Å². The summed E-state index contributed by atoms with van der Waals surface area (Å²) in [6.07, 6.45) is 3.79.